The molecule has 2 N–H and O–H groups in total. The van der Waals surface area contributed by atoms with Crippen LogP contribution < -0.4 is 5.32 Å². The van der Waals surface area contributed by atoms with Crippen molar-refractivity contribution in [2.75, 3.05) is 17.3 Å². The summed E-state index contributed by atoms with van der Waals surface area (Å²) in [7, 11) is -3.13. The van der Waals surface area contributed by atoms with Crippen molar-refractivity contribution in [1.82, 2.24) is 10.2 Å². The first-order valence-corrected chi connectivity index (χ1v) is 9.70. The van der Waals surface area contributed by atoms with E-state index >= 15 is 0 Å². The van der Waals surface area contributed by atoms with Crippen LogP contribution in [0.1, 0.15) is 26.7 Å². The number of thioether (sulfide) groups is 1. The van der Waals surface area contributed by atoms with E-state index in [1.165, 1.54) is 16.7 Å². The first kappa shape index (κ1) is 16.4. The van der Waals surface area contributed by atoms with E-state index in [0.717, 1.165) is 0 Å². The van der Waals surface area contributed by atoms with Gasteiger partial charge in [-0.15, -0.1) is 11.8 Å². The van der Waals surface area contributed by atoms with Crippen molar-refractivity contribution in [3.63, 3.8) is 0 Å². The van der Waals surface area contributed by atoms with Gasteiger partial charge in [0, 0.05) is 5.75 Å². The minimum absolute atomic E-state index is 0.0537. The number of hydrogen-bond donors (Lipinski definition) is 2. The summed E-state index contributed by atoms with van der Waals surface area (Å²) in [6.45, 7) is 3.58. The number of hydrogen-bond acceptors (Lipinski definition) is 5. The Balaban J connectivity index is 2.13. The topological polar surface area (TPSA) is 104 Å². The highest BCUT2D eigenvalue weighted by Gasteiger charge is 2.45. The number of sulfone groups is 1. The number of carboxylic acids is 1. The lowest BCUT2D eigenvalue weighted by Gasteiger charge is -2.32. The maximum atomic E-state index is 12.4. The van der Waals surface area contributed by atoms with Gasteiger partial charge in [0.25, 0.3) is 0 Å². The van der Waals surface area contributed by atoms with Gasteiger partial charge >= 0.3 is 12.0 Å². The molecule has 2 aliphatic rings. The molecule has 2 heterocycles. The van der Waals surface area contributed by atoms with Crippen LogP contribution in [-0.2, 0) is 14.6 Å². The number of carboxylic acid groups (broad SMARTS) is 1. The van der Waals surface area contributed by atoms with E-state index in [4.69, 9.17) is 0 Å². The fourth-order valence-electron chi connectivity index (χ4n) is 2.77. The molecule has 2 rings (SSSR count). The number of rotatable bonds is 3. The predicted molar refractivity (Wildman–Crippen MR) is 80.0 cm³/mol. The van der Waals surface area contributed by atoms with Gasteiger partial charge in [-0.3, -0.25) is 4.90 Å². The molecule has 0 aliphatic carbocycles. The lowest BCUT2D eigenvalue weighted by atomic mass is 10.0. The molecule has 2 aliphatic heterocycles. The summed E-state index contributed by atoms with van der Waals surface area (Å²) >= 11 is 1.44. The van der Waals surface area contributed by atoms with Crippen LogP contribution >= 0.6 is 11.8 Å². The van der Waals surface area contributed by atoms with Crippen molar-refractivity contribution in [3.8, 4) is 0 Å². The van der Waals surface area contributed by atoms with Crippen molar-refractivity contribution in [3.05, 3.63) is 0 Å². The summed E-state index contributed by atoms with van der Waals surface area (Å²) in [5, 5.41) is 11.8. The Bertz CT molecular complexity index is 550. The molecule has 0 radical (unpaired) electrons. The fraction of sp³-hybridized carbons (Fsp3) is 0.833. The van der Waals surface area contributed by atoms with Crippen LogP contribution in [0.25, 0.3) is 0 Å². The molecule has 21 heavy (non-hydrogen) atoms. The third-order valence-corrected chi connectivity index (χ3v) is 7.23. The third kappa shape index (κ3) is 3.45. The van der Waals surface area contributed by atoms with E-state index in [1.807, 2.05) is 6.92 Å². The molecule has 0 spiro atoms. The van der Waals surface area contributed by atoms with Gasteiger partial charge in [-0.1, -0.05) is 6.92 Å². The summed E-state index contributed by atoms with van der Waals surface area (Å²) < 4.78 is 23.2. The Morgan fingerprint density at radius 1 is 1.48 bits per heavy atom. The highest BCUT2D eigenvalue weighted by atomic mass is 32.2. The molecule has 3 unspecified atom stereocenters. The summed E-state index contributed by atoms with van der Waals surface area (Å²) in [5.74, 6) is -0.715. The maximum absolute atomic E-state index is 12.4. The first-order chi connectivity index (χ1) is 9.67. The molecule has 2 amide bonds. The number of aliphatic carboxylic acids is 1. The Morgan fingerprint density at radius 2 is 2.14 bits per heavy atom. The SMILES string of the molecule is CCC1SCC(C(=O)O)N1C(=O)NC1(C)CCS(=O)(=O)C1. The monoisotopic (exact) mass is 336 g/mol. The standard InChI is InChI=1S/C12H20N2O5S2/c1-3-9-14(8(6-20-9)10(15)16)11(17)13-12(2)4-5-21(18,19)7-12/h8-9H,3-7H2,1-2H3,(H,13,17)(H,15,16). The molecule has 7 nitrogen and oxygen atoms in total. The van der Waals surface area contributed by atoms with Gasteiger partial charge in [0.2, 0.25) is 0 Å². The van der Waals surface area contributed by atoms with Gasteiger partial charge in [0.1, 0.15) is 6.04 Å². The molecule has 3 atom stereocenters. The number of amides is 2. The summed E-state index contributed by atoms with van der Waals surface area (Å²) in [6.07, 6.45) is 1.01. The molecular weight excluding hydrogens is 316 g/mol. The van der Waals surface area contributed by atoms with Gasteiger partial charge in [-0.25, -0.2) is 18.0 Å². The van der Waals surface area contributed by atoms with E-state index in [2.05, 4.69) is 5.32 Å². The second-order valence-electron chi connectivity index (χ2n) is 5.79. The Labute approximate surface area is 128 Å². The van der Waals surface area contributed by atoms with Crippen LogP contribution in [0.2, 0.25) is 0 Å². The lowest BCUT2D eigenvalue weighted by Crippen LogP contribution is -2.56. The minimum atomic E-state index is -3.13. The summed E-state index contributed by atoms with van der Waals surface area (Å²) in [5.41, 5.74) is -0.815. The van der Waals surface area contributed by atoms with Crippen LogP contribution in [0, 0.1) is 0 Å². The second-order valence-corrected chi connectivity index (χ2v) is 9.19. The third-order valence-electron chi connectivity index (χ3n) is 3.87. The van der Waals surface area contributed by atoms with E-state index in [-0.39, 0.29) is 16.9 Å². The second kappa shape index (κ2) is 5.68. The zero-order valence-electron chi connectivity index (χ0n) is 12.0. The number of urea groups is 1. The zero-order chi connectivity index (χ0) is 15.8. The van der Waals surface area contributed by atoms with Gasteiger partial charge in [0.15, 0.2) is 9.84 Å². The number of carbonyl (C=O) groups is 2. The van der Waals surface area contributed by atoms with Crippen molar-refractivity contribution >= 4 is 33.6 Å². The Kier molecular flexibility index (Phi) is 4.44. The average molecular weight is 336 g/mol. The van der Waals surface area contributed by atoms with Crippen molar-refractivity contribution < 1.29 is 23.1 Å². The van der Waals surface area contributed by atoms with E-state index in [0.29, 0.717) is 18.6 Å². The first-order valence-electron chi connectivity index (χ1n) is 6.83. The van der Waals surface area contributed by atoms with Crippen LogP contribution in [0.15, 0.2) is 0 Å². The molecule has 0 bridgehead atoms. The molecule has 0 aromatic carbocycles. The molecule has 120 valence electrons. The predicted octanol–water partition coefficient (Wildman–Crippen LogP) is 0.511. The highest BCUT2D eigenvalue weighted by Crippen LogP contribution is 2.32. The number of nitrogens with one attached hydrogen (secondary N) is 1. The van der Waals surface area contributed by atoms with Gasteiger partial charge in [-0.05, 0) is 19.8 Å². The Hall–Kier alpha value is -0.960. The molecule has 2 saturated heterocycles. The van der Waals surface area contributed by atoms with Crippen molar-refractivity contribution in [1.29, 1.82) is 0 Å². The maximum Gasteiger partial charge on any atom is 0.327 e. The smallest absolute Gasteiger partial charge is 0.327 e. The molecule has 9 heteroatoms. The van der Waals surface area contributed by atoms with Crippen LogP contribution in [-0.4, -0.2) is 64.6 Å². The van der Waals surface area contributed by atoms with E-state index in [9.17, 15) is 23.1 Å². The van der Waals surface area contributed by atoms with Crippen LogP contribution in [0.3, 0.4) is 0 Å². The zero-order valence-corrected chi connectivity index (χ0v) is 13.7. The summed E-state index contributed by atoms with van der Waals surface area (Å²) in [6, 6.07) is -1.35. The van der Waals surface area contributed by atoms with E-state index < -0.39 is 33.4 Å². The molecule has 0 aromatic rings. The highest BCUT2D eigenvalue weighted by molar-refractivity contribution is 8.00. The molecule has 2 fully saturated rings. The van der Waals surface area contributed by atoms with Gasteiger partial charge < -0.3 is 10.4 Å². The molecule has 0 aromatic heterocycles. The van der Waals surface area contributed by atoms with Crippen LogP contribution in [0.5, 0.6) is 0 Å². The van der Waals surface area contributed by atoms with Crippen LogP contribution in [0.4, 0.5) is 4.79 Å². The quantitative estimate of drug-likeness (QED) is 0.778. The Morgan fingerprint density at radius 3 is 2.62 bits per heavy atom. The fourth-order valence-corrected chi connectivity index (χ4v) is 6.21. The minimum Gasteiger partial charge on any atom is -0.480 e. The van der Waals surface area contributed by atoms with Gasteiger partial charge in [-0.2, -0.15) is 0 Å². The molecular formula is C12H20N2O5S2. The largest absolute Gasteiger partial charge is 0.480 e. The average Bonchev–Trinajstić information content (AvgIpc) is 2.90. The normalized spacial score (nSPS) is 34.9. The molecule has 0 saturated carbocycles. The van der Waals surface area contributed by atoms with E-state index in [1.54, 1.807) is 6.92 Å². The van der Waals surface area contributed by atoms with Crippen molar-refractivity contribution in [2.24, 2.45) is 0 Å². The van der Waals surface area contributed by atoms with Crippen molar-refractivity contribution in [2.45, 2.75) is 43.6 Å². The number of carbonyl (C=O) groups excluding carboxylic acids is 1. The summed E-state index contributed by atoms with van der Waals surface area (Å²) in [4.78, 5) is 25.0. The lowest BCUT2D eigenvalue weighted by molar-refractivity contribution is -0.141. The van der Waals surface area contributed by atoms with Gasteiger partial charge in [0.05, 0.1) is 22.4 Å². The number of nitrogens with zero attached hydrogens (tertiary/aromatic N) is 1.